The third-order valence-corrected chi connectivity index (χ3v) is 4.42. The van der Waals surface area contributed by atoms with E-state index in [0.717, 1.165) is 9.87 Å². The summed E-state index contributed by atoms with van der Waals surface area (Å²) >= 11 is 16.1. The van der Waals surface area contributed by atoms with Gasteiger partial charge >= 0.3 is 12.0 Å². The number of urea groups is 1. The SMILES string of the molecule is O=C(Oc1ccc(N(S)C(=O)NCc2cc(Cl)cc(Cl)c2)cc1)c1ccco1. The van der Waals surface area contributed by atoms with Gasteiger partial charge in [-0.2, -0.15) is 0 Å². The van der Waals surface area contributed by atoms with E-state index < -0.39 is 12.0 Å². The molecule has 3 rings (SSSR count). The molecule has 3 aromatic rings. The summed E-state index contributed by atoms with van der Waals surface area (Å²) in [5.41, 5.74) is 1.25. The van der Waals surface area contributed by atoms with Crippen molar-refractivity contribution in [3.63, 3.8) is 0 Å². The Morgan fingerprint density at radius 2 is 1.75 bits per heavy atom. The molecule has 0 atom stereocenters. The molecule has 0 aliphatic heterocycles. The first kappa shape index (κ1) is 20.1. The van der Waals surface area contributed by atoms with E-state index in [1.165, 1.54) is 12.3 Å². The van der Waals surface area contributed by atoms with Crippen LogP contribution in [0.4, 0.5) is 10.5 Å². The highest BCUT2D eigenvalue weighted by molar-refractivity contribution is 7.82. The summed E-state index contributed by atoms with van der Waals surface area (Å²) in [5.74, 6) is -0.209. The Morgan fingerprint density at radius 3 is 2.36 bits per heavy atom. The van der Waals surface area contributed by atoms with Crippen LogP contribution in [-0.4, -0.2) is 12.0 Å². The van der Waals surface area contributed by atoms with Crippen molar-refractivity contribution < 1.29 is 18.7 Å². The van der Waals surface area contributed by atoms with Crippen molar-refractivity contribution in [2.75, 3.05) is 4.31 Å². The Labute approximate surface area is 176 Å². The summed E-state index contributed by atoms with van der Waals surface area (Å²) in [6, 6.07) is 13.9. The van der Waals surface area contributed by atoms with Crippen LogP contribution in [0.25, 0.3) is 0 Å². The zero-order valence-corrected chi connectivity index (χ0v) is 16.7. The minimum atomic E-state index is -0.613. The summed E-state index contributed by atoms with van der Waals surface area (Å²) < 4.78 is 11.3. The van der Waals surface area contributed by atoms with E-state index in [1.54, 1.807) is 48.5 Å². The van der Waals surface area contributed by atoms with Crippen LogP contribution in [0.3, 0.4) is 0 Å². The monoisotopic (exact) mass is 436 g/mol. The van der Waals surface area contributed by atoms with Crippen LogP contribution in [0, 0.1) is 0 Å². The lowest BCUT2D eigenvalue weighted by Crippen LogP contribution is -2.33. The van der Waals surface area contributed by atoms with Crippen molar-refractivity contribution in [1.82, 2.24) is 5.32 Å². The Kier molecular flexibility index (Phi) is 6.51. The second kappa shape index (κ2) is 9.05. The van der Waals surface area contributed by atoms with Gasteiger partial charge in [0, 0.05) is 16.6 Å². The third kappa shape index (κ3) is 5.22. The average molecular weight is 437 g/mol. The summed E-state index contributed by atoms with van der Waals surface area (Å²) in [5, 5.41) is 3.68. The molecule has 6 nitrogen and oxygen atoms in total. The van der Waals surface area contributed by atoms with Gasteiger partial charge in [-0.05, 0) is 60.2 Å². The average Bonchev–Trinajstić information content (AvgIpc) is 3.20. The number of thiol groups is 1. The topological polar surface area (TPSA) is 71.8 Å². The van der Waals surface area contributed by atoms with Gasteiger partial charge in [0.05, 0.1) is 12.0 Å². The van der Waals surface area contributed by atoms with Crippen LogP contribution in [0.2, 0.25) is 10.0 Å². The molecule has 1 N–H and O–H groups in total. The summed E-state index contributed by atoms with van der Waals surface area (Å²) in [6.07, 6.45) is 1.38. The van der Waals surface area contributed by atoms with Crippen LogP contribution in [0.1, 0.15) is 16.1 Å². The van der Waals surface area contributed by atoms with E-state index >= 15 is 0 Å². The predicted molar refractivity (Wildman–Crippen MR) is 110 cm³/mol. The second-order valence-corrected chi connectivity index (χ2v) is 6.88. The maximum Gasteiger partial charge on any atom is 0.379 e. The molecule has 2 amide bonds. The predicted octanol–water partition coefficient (Wildman–Crippen LogP) is 5.37. The minimum absolute atomic E-state index is 0.0976. The number of ether oxygens (including phenoxy) is 1. The first-order valence-corrected chi connectivity index (χ1v) is 9.15. The maximum atomic E-state index is 12.3. The van der Waals surface area contributed by atoms with Gasteiger partial charge in [-0.15, -0.1) is 0 Å². The lowest BCUT2D eigenvalue weighted by molar-refractivity contribution is 0.0701. The largest absolute Gasteiger partial charge is 0.457 e. The lowest BCUT2D eigenvalue weighted by Gasteiger charge is -2.17. The van der Waals surface area contributed by atoms with Gasteiger partial charge in [-0.3, -0.25) is 0 Å². The fourth-order valence-corrected chi connectivity index (χ4v) is 3.07. The van der Waals surface area contributed by atoms with E-state index in [0.29, 0.717) is 21.5 Å². The van der Waals surface area contributed by atoms with Gasteiger partial charge in [-0.1, -0.05) is 36.0 Å². The molecule has 1 heterocycles. The fraction of sp³-hybridized carbons (Fsp3) is 0.0526. The van der Waals surface area contributed by atoms with E-state index in [2.05, 4.69) is 18.1 Å². The molecule has 144 valence electrons. The molecule has 0 fully saturated rings. The number of rotatable bonds is 5. The van der Waals surface area contributed by atoms with Crippen LogP contribution >= 0.6 is 36.0 Å². The van der Waals surface area contributed by atoms with Gasteiger partial charge in [-0.25, -0.2) is 13.9 Å². The molecule has 0 saturated carbocycles. The number of nitrogens with one attached hydrogen (secondary N) is 1. The normalized spacial score (nSPS) is 10.4. The number of nitrogens with zero attached hydrogens (tertiary/aromatic N) is 1. The molecule has 0 unspecified atom stereocenters. The fourth-order valence-electron chi connectivity index (χ4n) is 2.29. The summed E-state index contributed by atoms with van der Waals surface area (Å²) in [7, 11) is 0. The van der Waals surface area contributed by atoms with Gasteiger partial charge in [0.1, 0.15) is 5.75 Å². The van der Waals surface area contributed by atoms with Crippen molar-refractivity contribution >= 4 is 53.7 Å². The van der Waals surface area contributed by atoms with E-state index in [1.807, 2.05) is 0 Å². The third-order valence-electron chi connectivity index (χ3n) is 3.57. The number of carbonyl (C=O) groups is 2. The number of anilines is 1. The number of halogens is 2. The molecule has 0 spiro atoms. The number of carbonyl (C=O) groups excluding carboxylic acids is 2. The molecule has 0 saturated heterocycles. The Bertz CT molecular complexity index is 958. The molecule has 0 radical (unpaired) electrons. The van der Waals surface area contributed by atoms with Crippen LogP contribution in [0.5, 0.6) is 5.75 Å². The molecule has 0 aliphatic carbocycles. The molecule has 2 aromatic carbocycles. The Balaban J connectivity index is 1.58. The number of furan rings is 1. The van der Waals surface area contributed by atoms with Crippen LogP contribution in [-0.2, 0) is 6.54 Å². The van der Waals surface area contributed by atoms with Crippen molar-refractivity contribution in [3.05, 3.63) is 82.2 Å². The smallest absolute Gasteiger partial charge is 0.379 e. The lowest BCUT2D eigenvalue weighted by atomic mass is 10.2. The first-order chi connectivity index (χ1) is 13.4. The molecule has 0 aliphatic rings. The van der Waals surface area contributed by atoms with E-state index in [9.17, 15) is 9.59 Å². The molecule has 1 aromatic heterocycles. The first-order valence-electron chi connectivity index (χ1n) is 8.00. The van der Waals surface area contributed by atoms with Crippen molar-refractivity contribution in [2.45, 2.75) is 6.54 Å². The van der Waals surface area contributed by atoms with E-state index in [4.69, 9.17) is 32.4 Å². The maximum absolute atomic E-state index is 12.3. The Hall–Kier alpha value is -2.61. The van der Waals surface area contributed by atoms with Crippen molar-refractivity contribution in [1.29, 1.82) is 0 Å². The van der Waals surface area contributed by atoms with Crippen molar-refractivity contribution in [3.8, 4) is 5.75 Å². The van der Waals surface area contributed by atoms with Crippen LogP contribution < -0.4 is 14.4 Å². The molecule has 28 heavy (non-hydrogen) atoms. The van der Waals surface area contributed by atoms with Crippen molar-refractivity contribution in [2.24, 2.45) is 0 Å². The zero-order valence-electron chi connectivity index (χ0n) is 14.3. The zero-order chi connectivity index (χ0) is 20.1. The quantitative estimate of drug-likeness (QED) is 0.320. The number of esters is 1. The number of hydrogen-bond acceptors (Lipinski definition) is 5. The number of hydrogen-bond donors (Lipinski definition) is 2. The molecular weight excluding hydrogens is 423 g/mol. The number of benzene rings is 2. The molecule has 9 heteroatoms. The summed E-state index contributed by atoms with van der Waals surface area (Å²) in [6.45, 7) is 0.231. The highest BCUT2D eigenvalue weighted by atomic mass is 35.5. The molecule has 0 bridgehead atoms. The van der Waals surface area contributed by atoms with Gasteiger partial charge in [0.15, 0.2) is 0 Å². The van der Waals surface area contributed by atoms with E-state index in [-0.39, 0.29) is 12.3 Å². The van der Waals surface area contributed by atoms with Gasteiger partial charge in [0.25, 0.3) is 0 Å². The minimum Gasteiger partial charge on any atom is -0.457 e. The second-order valence-electron chi connectivity index (χ2n) is 5.61. The summed E-state index contributed by atoms with van der Waals surface area (Å²) in [4.78, 5) is 24.1. The van der Waals surface area contributed by atoms with Crippen LogP contribution in [0.15, 0.2) is 65.3 Å². The highest BCUT2D eigenvalue weighted by Crippen LogP contribution is 2.22. The standard InChI is InChI=1S/C19H14Cl2N2O4S/c20-13-8-12(9-14(21)10-13)11-22-19(25)23(28)15-3-5-16(6-4-15)27-18(24)17-2-1-7-26-17/h1-10,28H,11H2,(H,22,25). The van der Waals surface area contributed by atoms with Gasteiger partial charge < -0.3 is 14.5 Å². The highest BCUT2D eigenvalue weighted by Gasteiger charge is 2.14. The Morgan fingerprint density at radius 1 is 1.07 bits per heavy atom. The van der Waals surface area contributed by atoms with Gasteiger partial charge in [0.2, 0.25) is 5.76 Å². The molecular formula is C19H14Cl2N2O4S. The number of amides is 2.